The van der Waals surface area contributed by atoms with Crippen LogP contribution >= 0.6 is 34.7 Å². The number of anilines is 1. The predicted octanol–water partition coefficient (Wildman–Crippen LogP) is 6.44. The summed E-state index contributed by atoms with van der Waals surface area (Å²) in [6.45, 7) is 2.15. The Bertz CT molecular complexity index is 1670. The summed E-state index contributed by atoms with van der Waals surface area (Å²) in [6.07, 6.45) is 1.69. The fourth-order valence-electron chi connectivity index (χ4n) is 4.76. The van der Waals surface area contributed by atoms with Crippen LogP contribution in [-0.2, 0) is 16.1 Å². The fraction of sp³-hybridized carbons (Fsp3) is 0.161. The number of benzene rings is 2. The number of carbonyl (C=O) groups is 2. The second-order valence-corrected chi connectivity index (χ2v) is 12.1. The molecule has 0 fully saturated rings. The average Bonchev–Trinajstić information content (AvgIpc) is 3.63. The Labute approximate surface area is 251 Å². The van der Waals surface area contributed by atoms with Gasteiger partial charge in [0.25, 0.3) is 0 Å². The van der Waals surface area contributed by atoms with E-state index in [9.17, 15) is 9.59 Å². The van der Waals surface area contributed by atoms with E-state index in [1.807, 2.05) is 85.1 Å². The van der Waals surface area contributed by atoms with E-state index < -0.39 is 0 Å². The molecule has 0 radical (unpaired) electrons. The third kappa shape index (κ3) is 5.79. The first kappa shape index (κ1) is 27.3. The molecule has 10 heteroatoms. The van der Waals surface area contributed by atoms with Gasteiger partial charge in [-0.3, -0.25) is 19.5 Å². The van der Waals surface area contributed by atoms with Gasteiger partial charge in [-0.25, -0.2) is 4.68 Å². The van der Waals surface area contributed by atoms with Gasteiger partial charge in [0.15, 0.2) is 0 Å². The number of hydrogen-bond donors (Lipinski definition) is 1. The van der Waals surface area contributed by atoms with E-state index in [0.717, 1.165) is 38.6 Å². The van der Waals surface area contributed by atoms with Gasteiger partial charge in [-0.2, -0.15) is 5.10 Å². The predicted molar refractivity (Wildman–Crippen MR) is 166 cm³/mol. The van der Waals surface area contributed by atoms with Gasteiger partial charge in [0.2, 0.25) is 11.8 Å². The van der Waals surface area contributed by atoms with Crippen LogP contribution in [0.3, 0.4) is 0 Å². The van der Waals surface area contributed by atoms with Crippen LogP contribution in [0.1, 0.15) is 26.9 Å². The van der Waals surface area contributed by atoms with Crippen molar-refractivity contribution in [1.82, 2.24) is 20.1 Å². The number of nitrogens with one attached hydrogen (secondary N) is 1. The number of amides is 2. The lowest BCUT2D eigenvalue weighted by Gasteiger charge is -2.23. The number of aryl methyl sites for hydroxylation is 1. The van der Waals surface area contributed by atoms with Crippen LogP contribution in [0.4, 0.5) is 5.82 Å². The maximum absolute atomic E-state index is 13.8. The Balaban J connectivity index is 1.50. The van der Waals surface area contributed by atoms with Gasteiger partial charge in [-0.15, -0.1) is 23.1 Å². The van der Waals surface area contributed by atoms with E-state index in [4.69, 9.17) is 16.7 Å². The maximum Gasteiger partial charge on any atom is 0.240 e. The highest BCUT2D eigenvalue weighted by molar-refractivity contribution is 8.00. The summed E-state index contributed by atoms with van der Waals surface area (Å²) in [7, 11) is 0. The first-order valence-electron chi connectivity index (χ1n) is 13.1. The number of halogens is 1. The standard InChI is InChI=1S/C31H26ClN5O2S2/c1-20-7-13-24(14-8-20)37-31-28(29(35-37)21-9-11-22(32)12-10-21)30(25-6-4-16-40-25)41-19-27(39)36(31)18-26(38)34-17-23-5-2-3-15-33-23/h2-16,30H,17-19H2,1H3,(H,34,38). The highest BCUT2D eigenvalue weighted by atomic mass is 35.5. The van der Waals surface area contributed by atoms with Crippen molar-refractivity contribution in [3.8, 4) is 16.9 Å². The molecule has 0 spiro atoms. The van der Waals surface area contributed by atoms with E-state index in [0.29, 0.717) is 10.8 Å². The molecule has 206 valence electrons. The lowest BCUT2D eigenvalue weighted by molar-refractivity contribution is -0.123. The van der Waals surface area contributed by atoms with E-state index in [2.05, 4.69) is 16.4 Å². The van der Waals surface area contributed by atoms with Crippen molar-refractivity contribution in [2.75, 3.05) is 17.2 Å². The summed E-state index contributed by atoms with van der Waals surface area (Å²) in [5, 5.41) is 10.5. The van der Waals surface area contributed by atoms with Crippen LogP contribution in [0.15, 0.2) is 90.4 Å². The molecule has 0 saturated heterocycles. The molecular formula is C31H26ClN5O2S2. The van der Waals surface area contributed by atoms with Crippen LogP contribution in [0.2, 0.25) is 5.02 Å². The van der Waals surface area contributed by atoms with Crippen molar-refractivity contribution < 1.29 is 9.59 Å². The number of fused-ring (bicyclic) bond motifs is 1. The molecule has 6 rings (SSSR count). The van der Waals surface area contributed by atoms with Crippen LogP contribution in [-0.4, -0.2) is 38.9 Å². The molecule has 1 unspecified atom stereocenters. The normalized spacial score (nSPS) is 14.9. The zero-order chi connectivity index (χ0) is 28.3. The minimum Gasteiger partial charge on any atom is -0.349 e. The summed E-state index contributed by atoms with van der Waals surface area (Å²) in [5.74, 6) is 0.386. The number of thioether (sulfide) groups is 1. The quantitative estimate of drug-likeness (QED) is 0.233. The number of nitrogens with zero attached hydrogens (tertiary/aromatic N) is 4. The maximum atomic E-state index is 13.8. The average molecular weight is 600 g/mol. The van der Waals surface area contributed by atoms with Gasteiger partial charge in [-0.05, 0) is 54.8 Å². The number of aromatic nitrogens is 3. The van der Waals surface area contributed by atoms with Gasteiger partial charge >= 0.3 is 0 Å². The topological polar surface area (TPSA) is 80.1 Å². The van der Waals surface area contributed by atoms with Crippen LogP contribution < -0.4 is 10.2 Å². The first-order valence-corrected chi connectivity index (χ1v) is 15.4. The fourth-order valence-corrected chi connectivity index (χ4v) is 7.06. The summed E-state index contributed by atoms with van der Waals surface area (Å²) in [5.41, 5.74) is 5.18. The minimum absolute atomic E-state index is 0.145. The third-order valence-corrected chi connectivity index (χ3v) is 9.36. The Morgan fingerprint density at radius 1 is 1.05 bits per heavy atom. The van der Waals surface area contributed by atoms with E-state index in [1.54, 1.807) is 38.9 Å². The van der Waals surface area contributed by atoms with Crippen molar-refractivity contribution in [2.24, 2.45) is 0 Å². The molecule has 1 atom stereocenters. The molecule has 1 aliphatic heterocycles. The second-order valence-electron chi connectivity index (χ2n) is 9.62. The Hall–Kier alpha value is -3.92. The molecule has 7 nitrogen and oxygen atoms in total. The summed E-state index contributed by atoms with van der Waals surface area (Å²) < 4.78 is 1.80. The summed E-state index contributed by atoms with van der Waals surface area (Å²) in [4.78, 5) is 34.1. The summed E-state index contributed by atoms with van der Waals surface area (Å²) >= 11 is 9.44. The highest BCUT2D eigenvalue weighted by Gasteiger charge is 2.38. The highest BCUT2D eigenvalue weighted by Crippen LogP contribution is 2.49. The molecule has 0 aliphatic carbocycles. The number of rotatable bonds is 7. The van der Waals surface area contributed by atoms with Crippen LogP contribution in [0.25, 0.3) is 16.9 Å². The lowest BCUT2D eigenvalue weighted by Crippen LogP contribution is -2.42. The second kappa shape index (κ2) is 11.9. The van der Waals surface area contributed by atoms with Crippen molar-refractivity contribution in [3.63, 3.8) is 0 Å². The molecule has 0 saturated carbocycles. The summed E-state index contributed by atoms with van der Waals surface area (Å²) in [6, 6.07) is 25.2. The number of thiophene rings is 1. The molecule has 1 N–H and O–H groups in total. The van der Waals surface area contributed by atoms with Gasteiger partial charge in [0, 0.05) is 27.2 Å². The zero-order valence-corrected chi connectivity index (χ0v) is 24.5. The van der Waals surface area contributed by atoms with Gasteiger partial charge in [0.1, 0.15) is 12.4 Å². The molecule has 0 bridgehead atoms. The number of hydrogen-bond acceptors (Lipinski definition) is 6. The SMILES string of the molecule is Cc1ccc(-n2nc(-c3ccc(Cl)cc3)c3c2N(CC(=O)NCc2ccccn2)C(=O)CSC3c2cccs2)cc1. The zero-order valence-electron chi connectivity index (χ0n) is 22.2. The largest absolute Gasteiger partial charge is 0.349 e. The van der Waals surface area contributed by atoms with E-state index in [1.165, 1.54) is 0 Å². The van der Waals surface area contributed by atoms with Crippen LogP contribution in [0, 0.1) is 6.92 Å². The molecule has 41 heavy (non-hydrogen) atoms. The van der Waals surface area contributed by atoms with Crippen molar-refractivity contribution in [2.45, 2.75) is 18.7 Å². The first-order chi connectivity index (χ1) is 20.0. The van der Waals surface area contributed by atoms with E-state index >= 15 is 0 Å². The molecule has 5 aromatic rings. The Morgan fingerprint density at radius 3 is 2.56 bits per heavy atom. The Kier molecular flexibility index (Phi) is 7.91. The van der Waals surface area contributed by atoms with E-state index in [-0.39, 0.29) is 35.9 Å². The third-order valence-electron chi connectivity index (χ3n) is 6.78. The minimum atomic E-state index is -0.278. The molecule has 2 amide bonds. The van der Waals surface area contributed by atoms with Crippen molar-refractivity contribution in [3.05, 3.63) is 117 Å². The van der Waals surface area contributed by atoms with Gasteiger partial charge in [-0.1, -0.05) is 53.6 Å². The van der Waals surface area contributed by atoms with Gasteiger partial charge in [0.05, 0.1) is 34.6 Å². The van der Waals surface area contributed by atoms with Crippen molar-refractivity contribution >= 4 is 52.3 Å². The molecule has 3 aromatic heterocycles. The smallest absolute Gasteiger partial charge is 0.240 e. The lowest BCUT2D eigenvalue weighted by atomic mass is 10.0. The molecule has 2 aromatic carbocycles. The van der Waals surface area contributed by atoms with Crippen molar-refractivity contribution in [1.29, 1.82) is 0 Å². The van der Waals surface area contributed by atoms with Gasteiger partial charge < -0.3 is 5.32 Å². The number of pyridine rings is 1. The molecule has 4 heterocycles. The Morgan fingerprint density at radius 2 is 1.85 bits per heavy atom. The monoisotopic (exact) mass is 599 g/mol. The molecular weight excluding hydrogens is 574 g/mol. The number of carbonyl (C=O) groups excluding carboxylic acids is 2. The molecule has 1 aliphatic rings. The van der Waals surface area contributed by atoms with Crippen LogP contribution in [0.5, 0.6) is 0 Å².